The van der Waals surface area contributed by atoms with Crippen molar-refractivity contribution in [2.24, 2.45) is 0 Å². The van der Waals surface area contributed by atoms with Crippen LogP contribution in [0.15, 0.2) is 24.3 Å². The maximum absolute atomic E-state index is 2.41. The maximum atomic E-state index is 2.41. The zero-order chi connectivity index (χ0) is 13.7. The topological polar surface area (TPSA) is 0 Å². The molecule has 0 bridgehead atoms. The van der Waals surface area contributed by atoms with Gasteiger partial charge in [-0.25, -0.2) is 0 Å². The molecule has 0 atom stereocenters. The summed E-state index contributed by atoms with van der Waals surface area (Å²) in [5, 5.41) is 0. The summed E-state index contributed by atoms with van der Waals surface area (Å²) >= 11 is 0. The Hall–Kier alpha value is -0.600. The third-order valence-corrected chi connectivity index (χ3v) is 5.59. The number of rotatable bonds is 2. The largest absolute Gasteiger partial charge is 0.320 e. The van der Waals surface area contributed by atoms with E-state index in [9.17, 15) is 0 Å². The predicted molar refractivity (Wildman–Crippen MR) is 78.3 cm³/mol. The Bertz CT molecular complexity index is 323. The standard InChI is InChI=1S/C16H30N2/c1-17(2,3)15-11-7-9-13-16(15,18(4,5)6)14-10-8-12-15/h7-10H,11-14H2,1-6H3/q+2. The zero-order valence-electron chi connectivity index (χ0n) is 13.0. The molecule has 2 aliphatic rings. The Morgan fingerprint density at radius 2 is 0.778 bits per heavy atom. The van der Waals surface area contributed by atoms with Crippen molar-refractivity contribution >= 4 is 0 Å². The second-order valence-electron chi connectivity index (χ2n) is 7.85. The van der Waals surface area contributed by atoms with E-state index in [1.807, 2.05) is 0 Å². The number of likely N-dealkylation sites (N-methyl/N-ethyl adjacent to an activating group) is 2. The van der Waals surface area contributed by atoms with Gasteiger partial charge in [0.25, 0.3) is 0 Å². The van der Waals surface area contributed by atoms with Crippen LogP contribution < -0.4 is 0 Å². The van der Waals surface area contributed by atoms with Gasteiger partial charge in [-0.1, -0.05) is 24.3 Å². The highest BCUT2D eigenvalue weighted by Crippen LogP contribution is 2.52. The lowest BCUT2D eigenvalue weighted by Crippen LogP contribution is -2.79. The van der Waals surface area contributed by atoms with Gasteiger partial charge in [0.15, 0.2) is 11.1 Å². The summed E-state index contributed by atoms with van der Waals surface area (Å²) in [5.74, 6) is 0. The summed E-state index contributed by atoms with van der Waals surface area (Å²) in [4.78, 5) is 0. The van der Waals surface area contributed by atoms with Crippen LogP contribution in [0.2, 0.25) is 0 Å². The smallest absolute Gasteiger partial charge is 0.161 e. The highest BCUT2D eigenvalue weighted by atomic mass is 15.5. The lowest BCUT2D eigenvalue weighted by Gasteiger charge is -2.62. The van der Waals surface area contributed by atoms with E-state index in [4.69, 9.17) is 0 Å². The molecule has 0 heterocycles. The molecule has 18 heavy (non-hydrogen) atoms. The Balaban J connectivity index is 2.64. The van der Waals surface area contributed by atoms with Gasteiger partial charge < -0.3 is 8.97 Å². The molecule has 0 aromatic carbocycles. The fourth-order valence-corrected chi connectivity index (χ4v) is 4.38. The van der Waals surface area contributed by atoms with Gasteiger partial charge in [-0.3, -0.25) is 0 Å². The minimum Gasteiger partial charge on any atom is -0.320 e. The van der Waals surface area contributed by atoms with Crippen LogP contribution in [-0.4, -0.2) is 62.3 Å². The molecular formula is C16H30N2+2. The van der Waals surface area contributed by atoms with Crippen LogP contribution >= 0.6 is 0 Å². The number of fused-ring (bicyclic) bond motifs is 1. The van der Waals surface area contributed by atoms with Gasteiger partial charge in [0, 0.05) is 25.7 Å². The number of quaternary nitrogens is 2. The Kier molecular flexibility index (Phi) is 3.03. The van der Waals surface area contributed by atoms with E-state index in [0.717, 1.165) is 8.97 Å². The molecule has 0 aromatic rings. The summed E-state index contributed by atoms with van der Waals surface area (Å²) in [5.41, 5.74) is 0.656. The van der Waals surface area contributed by atoms with Crippen molar-refractivity contribution in [1.29, 1.82) is 0 Å². The first kappa shape index (κ1) is 13.8. The third kappa shape index (κ3) is 1.62. The van der Waals surface area contributed by atoms with E-state index in [1.54, 1.807) is 0 Å². The first-order valence-corrected chi connectivity index (χ1v) is 7.09. The van der Waals surface area contributed by atoms with Gasteiger partial charge in [-0.2, -0.15) is 0 Å². The lowest BCUT2D eigenvalue weighted by atomic mass is 9.60. The normalized spacial score (nSPS) is 36.6. The minimum absolute atomic E-state index is 0.328. The zero-order valence-corrected chi connectivity index (χ0v) is 13.0. The molecule has 0 unspecified atom stereocenters. The van der Waals surface area contributed by atoms with Gasteiger partial charge in [-0.15, -0.1) is 0 Å². The molecule has 0 saturated carbocycles. The molecular weight excluding hydrogens is 220 g/mol. The van der Waals surface area contributed by atoms with Crippen LogP contribution in [-0.2, 0) is 0 Å². The molecule has 2 heteroatoms. The van der Waals surface area contributed by atoms with Crippen LogP contribution in [0.5, 0.6) is 0 Å². The molecule has 0 radical (unpaired) electrons. The van der Waals surface area contributed by atoms with E-state index < -0.39 is 0 Å². The predicted octanol–water partition coefficient (Wildman–Crippen LogP) is 2.58. The van der Waals surface area contributed by atoms with Gasteiger partial charge in [0.1, 0.15) is 0 Å². The monoisotopic (exact) mass is 250 g/mol. The van der Waals surface area contributed by atoms with Gasteiger partial charge in [0.05, 0.1) is 42.3 Å². The molecule has 2 aliphatic carbocycles. The van der Waals surface area contributed by atoms with E-state index in [0.29, 0.717) is 11.1 Å². The lowest BCUT2D eigenvalue weighted by molar-refractivity contribution is -1.01. The maximum Gasteiger partial charge on any atom is 0.161 e. The van der Waals surface area contributed by atoms with Crippen molar-refractivity contribution in [3.63, 3.8) is 0 Å². The summed E-state index contributed by atoms with van der Waals surface area (Å²) in [6.07, 6.45) is 14.5. The Labute approximate surface area is 113 Å². The van der Waals surface area contributed by atoms with Gasteiger partial charge in [0.2, 0.25) is 0 Å². The van der Waals surface area contributed by atoms with Crippen molar-refractivity contribution in [2.75, 3.05) is 42.3 Å². The van der Waals surface area contributed by atoms with E-state index >= 15 is 0 Å². The molecule has 0 amide bonds. The fraction of sp³-hybridized carbons (Fsp3) is 0.750. The first-order chi connectivity index (χ1) is 8.16. The molecule has 2 nitrogen and oxygen atoms in total. The van der Waals surface area contributed by atoms with Crippen molar-refractivity contribution < 1.29 is 8.97 Å². The average molecular weight is 250 g/mol. The van der Waals surface area contributed by atoms with Crippen molar-refractivity contribution in [3.8, 4) is 0 Å². The Morgan fingerprint density at radius 3 is 0.944 bits per heavy atom. The molecule has 0 aliphatic heterocycles. The fourth-order valence-electron chi connectivity index (χ4n) is 4.38. The molecule has 0 aromatic heterocycles. The molecule has 0 spiro atoms. The molecule has 2 rings (SSSR count). The average Bonchev–Trinajstić information content (AvgIpc) is 2.26. The van der Waals surface area contributed by atoms with Crippen LogP contribution in [0.25, 0.3) is 0 Å². The first-order valence-electron chi connectivity index (χ1n) is 7.09. The highest BCUT2D eigenvalue weighted by molar-refractivity contribution is 5.21. The molecule has 0 saturated heterocycles. The van der Waals surface area contributed by atoms with Crippen molar-refractivity contribution in [1.82, 2.24) is 0 Å². The summed E-state index contributed by atoms with van der Waals surface area (Å²) < 4.78 is 2.11. The van der Waals surface area contributed by atoms with Crippen molar-refractivity contribution in [3.05, 3.63) is 24.3 Å². The molecule has 0 N–H and O–H groups in total. The number of hydrogen-bond donors (Lipinski definition) is 0. The van der Waals surface area contributed by atoms with Gasteiger partial charge in [-0.05, 0) is 0 Å². The van der Waals surface area contributed by atoms with Gasteiger partial charge >= 0.3 is 0 Å². The summed E-state index contributed by atoms with van der Waals surface area (Å²) in [6, 6.07) is 0. The van der Waals surface area contributed by atoms with E-state index in [2.05, 4.69) is 66.6 Å². The van der Waals surface area contributed by atoms with E-state index in [-0.39, 0.29) is 0 Å². The second kappa shape index (κ2) is 3.94. The quantitative estimate of drug-likeness (QED) is 0.522. The third-order valence-electron chi connectivity index (χ3n) is 5.59. The van der Waals surface area contributed by atoms with Crippen LogP contribution in [0.1, 0.15) is 25.7 Å². The van der Waals surface area contributed by atoms with Crippen molar-refractivity contribution in [2.45, 2.75) is 36.8 Å². The Morgan fingerprint density at radius 1 is 0.556 bits per heavy atom. The molecule has 0 fully saturated rings. The SMILES string of the molecule is C[N+](C)(C)C12CC=CCC1([N+](C)(C)C)CC=CC2. The highest BCUT2D eigenvalue weighted by Gasteiger charge is 2.66. The molecule has 102 valence electrons. The van der Waals surface area contributed by atoms with Crippen LogP contribution in [0.4, 0.5) is 0 Å². The summed E-state index contributed by atoms with van der Waals surface area (Å²) in [7, 11) is 14.3. The van der Waals surface area contributed by atoms with Crippen LogP contribution in [0.3, 0.4) is 0 Å². The minimum atomic E-state index is 0.328. The number of hydrogen-bond acceptors (Lipinski definition) is 0. The number of nitrogens with zero attached hydrogens (tertiary/aromatic N) is 2. The van der Waals surface area contributed by atoms with Crippen LogP contribution in [0, 0.1) is 0 Å². The second-order valence-corrected chi connectivity index (χ2v) is 7.85. The van der Waals surface area contributed by atoms with E-state index in [1.165, 1.54) is 25.7 Å². The summed E-state index contributed by atoms with van der Waals surface area (Å²) in [6.45, 7) is 0.